The minimum absolute atomic E-state index is 0.104. The number of rotatable bonds is 8. The maximum atomic E-state index is 13.1. The first-order valence-corrected chi connectivity index (χ1v) is 9.53. The lowest BCUT2D eigenvalue weighted by Gasteiger charge is -2.28. The molecule has 137 valence electrons. The van der Waals surface area contributed by atoms with E-state index in [2.05, 4.69) is 12.6 Å². The van der Waals surface area contributed by atoms with Gasteiger partial charge < -0.3 is 4.90 Å². The van der Waals surface area contributed by atoms with Crippen LogP contribution in [0.5, 0.6) is 0 Å². The summed E-state index contributed by atoms with van der Waals surface area (Å²) < 4.78 is 0. The molecule has 1 radical (unpaired) electrons. The minimum atomic E-state index is -0.128. The number of carbonyl (C=O) groups excluding carboxylic acids is 2. The van der Waals surface area contributed by atoms with Crippen LogP contribution in [0.2, 0.25) is 0 Å². The summed E-state index contributed by atoms with van der Waals surface area (Å²) in [7, 11) is 0. The first kappa shape index (κ1) is 20.5. The van der Waals surface area contributed by atoms with Crippen molar-refractivity contribution in [2.45, 2.75) is 20.3 Å². The summed E-state index contributed by atoms with van der Waals surface area (Å²) in [5.41, 5.74) is 3.41. The monoisotopic (exact) mass is 390 g/mol. The number of hydrogen-bond donors (Lipinski definition) is 0. The second-order valence-corrected chi connectivity index (χ2v) is 6.82. The summed E-state index contributed by atoms with van der Waals surface area (Å²) in [6.07, 6.45) is 2.03. The Balaban J connectivity index is 2.60. The molecule has 0 spiro atoms. The first-order valence-electron chi connectivity index (χ1n) is 8.46. The molecule has 5 heteroatoms. The summed E-state index contributed by atoms with van der Waals surface area (Å²) in [5.74, 6) is 0.634. The number of nitrogens with zero attached hydrogens (tertiary/aromatic N) is 1. The molecule has 3 nitrogen and oxygen atoms in total. The van der Waals surface area contributed by atoms with E-state index in [1.165, 1.54) is 0 Å². The number of Topliss-reactive ketones (excluding diaryl/α,β-unsaturated/α-hetero) is 2. The third-order valence-electron chi connectivity index (χ3n) is 4.52. The molecule has 0 fully saturated rings. The molecule has 0 saturated heterocycles. The average molecular weight is 391 g/mol. The number of hydrogen-bond acceptors (Lipinski definition) is 3. The number of halogens is 2. The van der Waals surface area contributed by atoms with Gasteiger partial charge in [0.2, 0.25) is 0 Å². The fourth-order valence-corrected chi connectivity index (χ4v) is 3.58. The Morgan fingerprint density at radius 2 is 1.77 bits per heavy atom. The van der Waals surface area contributed by atoms with Crippen molar-refractivity contribution < 1.29 is 9.59 Å². The molecule has 0 N–H and O–H groups in total. The van der Waals surface area contributed by atoms with Gasteiger partial charge in [0.25, 0.3) is 0 Å². The van der Waals surface area contributed by atoms with Crippen LogP contribution in [-0.2, 0) is 9.59 Å². The molecule has 2 rings (SSSR count). The summed E-state index contributed by atoms with van der Waals surface area (Å²) in [5, 5.41) is 0. The fourth-order valence-electron chi connectivity index (χ4n) is 3.17. The Labute approximate surface area is 165 Å². The second-order valence-electron chi connectivity index (χ2n) is 6.06. The predicted octanol–water partition coefficient (Wildman–Crippen LogP) is 4.59. The van der Waals surface area contributed by atoms with E-state index in [0.717, 1.165) is 5.69 Å². The van der Waals surface area contributed by atoms with Crippen LogP contribution in [-0.4, -0.2) is 36.4 Å². The van der Waals surface area contributed by atoms with Gasteiger partial charge in [-0.25, -0.2) is 0 Å². The average Bonchev–Trinajstić information content (AvgIpc) is 2.64. The molecule has 1 aliphatic rings. The first-order chi connectivity index (χ1) is 12.5. The number of ketones is 2. The van der Waals surface area contributed by atoms with Crippen molar-refractivity contribution in [2.24, 2.45) is 0 Å². The van der Waals surface area contributed by atoms with Crippen molar-refractivity contribution in [3.63, 3.8) is 0 Å². The quantitative estimate of drug-likeness (QED) is 0.370. The maximum Gasteiger partial charge on any atom is 0.190 e. The number of carbonyl (C=O) groups is 2. The summed E-state index contributed by atoms with van der Waals surface area (Å²) in [6.45, 7) is 8.27. The molecule has 0 amide bonds. The Kier molecular flexibility index (Phi) is 7.24. The lowest BCUT2D eigenvalue weighted by Crippen LogP contribution is -2.29. The predicted molar refractivity (Wildman–Crippen MR) is 109 cm³/mol. The van der Waals surface area contributed by atoms with Gasteiger partial charge in [-0.3, -0.25) is 9.59 Å². The summed E-state index contributed by atoms with van der Waals surface area (Å²) in [4.78, 5) is 27.9. The van der Waals surface area contributed by atoms with Crippen molar-refractivity contribution in [2.75, 3.05) is 29.7 Å². The van der Waals surface area contributed by atoms with Gasteiger partial charge in [0, 0.05) is 58.4 Å². The Bertz CT molecular complexity index is 787. The Morgan fingerprint density at radius 3 is 2.35 bits per heavy atom. The number of allylic oxidation sites excluding steroid dienone is 5. The van der Waals surface area contributed by atoms with Gasteiger partial charge in [-0.05, 0) is 38.5 Å². The van der Waals surface area contributed by atoms with Crippen molar-refractivity contribution in [1.29, 1.82) is 0 Å². The van der Waals surface area contributed by atoms with Crippen LogP contribution in [0.15, 0.2) is 47.6 Å². The highest BCUT2D eigenvalue weighted by Gasteiger charge is 2.31. The van der Waals surface area contributed by atoms with E-state index in [0.29, 0.717) is 59.1 Å². The van der Waals surface area contributed by atoms with E-state index < -0.39 is 0 Å². The van der Waals surface area contributed by atoms with E-state index in [9.17, 15) is 9.59 Å². The van der Waals surface area contributed by atoms with Crippen molar-refractivity contribution >= 4 is 46.0 Å². The topological polar surface area (TPSA) is 37.4 Å². The fraction of sp³-hybridized carbons (Fsp3) is 0.333. The smallest absolute Gasteiger partial charge is 0.190 e. The van der Waals surface area contributed by atoms with E-state index in [-0.39, 0.29) is 11.6 Å². The zero-order chi connectivity index (χ0) is 19.3. The van der Waals surface area contributed by atoms with Crippen LogP contribution in [0.4, 0.5) is 5.69 Å². The molecule has 0 saturated carbocycles. The van der Waals surface area contributed by atoms with E-state index >= 15 is 0 Å². The van der Waals surface area contributed by atoms with Gasteiger partial charge in [-0.15, -0.1) is 29.8 Å². The second kappa shape index (κ2) is 9.20. The molecule has 0 atom stereocenters. The molecular formula is C21H22Cl2NO2. The van der Waals surface area contributed by atoms with Gasteiger partial charge in [-0.1, -0.05) is 12.1 Å². The minimum Gasteiger partial charge on any atom is -0.369 e. The molecule has 1 aromatic rings. The van der Waals surface area contributed by atoms with E-state index in [1.807, 2.05) is 11.0 Å². The molecule has 1 aliphatic carbocycles. The van der Waals surface area contributed by atoms with Crippen molar-refractivity contribution in [3.8, 4) is 0 Å². The van der Waals surface area contributed by atoms with Crippen molar-refractivity contribution in [1.82, 2.24) is 0 Å². The number of benzene rings is 1. The SMILES string of the molecule is C=CCC1=C(C)C(=O)C(c2c[c]ccc2N(CCCl)CCCl)=C(C)C1=O. The molecule has 0 bridgehead atoms. The van der Waals surface area contributed by atoms with E-state index in [4.69, 9.17) is 23.2 Å². The Hall–Kier alpha value is -1.84. The molecule has 0 aromatic heterocycles. The molecule has 1 aromatic carbocycles. The van der Waals surface area contributed by atoms with Gasteiger partial charge in [0.1, 0.15) is 0 Å². The standard InChI is InChI=1S/C21H22Cl2NO2/c1-4-7-16-14(2)21(26)19(15(3)20(16)25)17-8-5-6-9-18(17)24(12-10-22)13-11-23/h4,6,8-9H,1,7,10-13H2,2-3H3. The molecular weight excluding hydrogens is 369 g/mol. The zero-order valence-electron chi connectivity index (χ0n) is 15.1. The molecule has 0 heterocycles. The molecule has 0 aliphatic heterocycles. The third-order valence-corrected chi connectivity index (χ3v) is 4.86. The van der Waals surface area contributed by atoms with Gasteiger partial charge >= 0.3 is 0 Å². The summed E-state index contributed by atoms with van der Waals surface area (Å²) >= 11 is 11.9. The van der Waals surface area contributed by atoms with Crippen LogP contribution in [0.25, 0.3) is 5.57 Å². The normalized spacial score (nSPS) is 14.9. The van der Waals surface area contributed by atoms with Crippen LogP contribution < -0.4 is 4.90 Å². The van der Waals surface area contributed by atoms with Crippen LogP contribution in [0, 0.1) is 6.07 Å². The van der Waals surface area contributed by atoms with Gasteiger partial charge in [0.15, 0.2) is 11.6 Å². The van der Waals surface area contributed by atoms with E-state index in [1.54, 1.807) is 32.1 Å². The largest absolute Gasteiger partial charge is 0.369 e. The number of anilines is 1. The van der Waals surface area contributed by atoms with Gasteiger partial charge in [0.05, 0.1) is 0 Å². The maximum absolute atomic E-state index is 13.1. The van der Waals surface area contributed by atoms with Crippen LogP contribution in [0.3, 0.4) is 0 Å². The highest BCUT2D eigenvalue weighted by molar-refractivity contribution is 6.39. The van der Waals surface area contributed by atoms with Gasteiger partial charge in [-0.2, -0.15) is 0 Å². The highest BCUT2D eigenvalue weighted by atomic mass is 35.5. The molecule has 0 unspecified atom stereocenters. The van der Waals surface area contributed by atoms with Crippen molar-refractivity contribution in [3.05, 3.63) is 59.2 Å². The molecule has 26 heavy (non-hydrogen) atoms. The van der Waals surface area contributed by atoms with Crippen LogP contribution in [0.1, 0.15) is 25.8 Å². The highest BCUT2D eigenvalue weighted by Crippen LogP contribution is 2.36. The lowest BCUT2D eigenvalue weighted by atomic mass is 9.80. The zero-order valence-corrected chi connectivity index (χ0v) is 16.6. The van der Waals surface area contributed by atoms with Crippen LogP contribution >= 0.6 is 23.2 Å². The lowest BCUT2D eigenvalue weighted by molar-refractivity contribution is -0.115. The summed E-state index contributed by atoms with van der Waals surface area (Å²) in [6, 6.07) is 8.44. The number of alkyl halides is 2. The third kappa shape index (κ3) is 3.94. The Morgan fingerprint density at radius 1 is 1.12 bits per heavy atom.